The minimum atomic E-state index is -2.96. The molecule has 0 heterocycles. The molecule has 21 heavy (non-hydrogen) atoms. The van der Waals surface area contributed by atoms with Crippen LogP contribution in [0.1, 0.15) is 44.3 Å². The van der Waals surface area contributed by atoms with E-state index in [1.54, 1.807) is 18.2 Å². The summed E-state index contributed by atoms with van der Waals surface area (Å²) in [5.74, 6) is 0.458. The van der Waals surface area contributed by atoms with Crippen molar-refractivity contribution < 1.29 is 18.6 Å². The first-order valence-electron chi connectivity index (χ1n) is 7.11. The molecule has 1 N–H and O–H groups in total. The lowest BCUT2D eigenvalue weighted by Crippen LogP contribution is -2.32. The average Bonchev–Trinajstić information content (AvgIpc) is 2.48. The summed E-state index contributed by atoms with van der Waals surface area (Å²) in [6.45, 7) is -0.843. The smallest absolute Gasteiger partial charge is 0.387 e. The Morgan fingerprint density at radius 1 is 1.33 bits per heavy atom. The summed E-state index contributed by atoms with van der Waals surface area (Å²) in [6.07, 6.45) is 1.71. The van der Waals surface area contributed by atoms with Crippen molar-refractivity contribution in [3.8, 4) is 11.8 Å². The number of hydrogen-bond acceptors (Lipinski definition) is 3. The highest BCUT2D eigenvalue weighted by molar-refractivity contribution is 5.37. The zero-order chi connectivity index (χ0) is 15.5. The van der Waals surface area contributed by atoms with Crippen molar-refractivity contribution in [2.75, 3.05) is 0 Å². The average molecular weight is 295 g/mol. The summed E-state index contributed by atoms with van der Waals surface area (Å²) in [4.78, 5) is 0. The second kappa shape index (κ2) is 6.40. The Bertz CT molecular complexity index is 519. The normalized spacial score (nSPS) is 27.1. The molecule has 0 amide bonds. The lowest BCUT2D eigenvalue weighted by molar-refractivity contribution is -0.0538. The molecule has 1 atom stereocenters. The van der Waals surface area contributed by atoms with Crippen molar-refractivity contribution in [3.63, 3.8) is 0 Å². The Morgan fingerprint density at radius 2 is 1.95 bits per heavy atom. The lowest BCUT2D eigenvalue weighted by atomic mass is 9.67. The van der Waals surface area contributed by atoms with Gasteiger partial charge in [0.25, 0.3) is 0 Å². The third-order valence-corrected chi connectivity index (χ3v) is 4.34. The monoisotopic (exact) mass is 295 g/mol. The molecule has 1 aromatic rings. The van der Waals surface area contributed by atoms with Gasteiger partial charge in [-0.05, 0) is 37.7 Å². The summed E-state index contributed by atoms with van der Waals surface area (Å²) in [6, 6.07) is 8.37. The Kier molecular flexibility index (Phi) is 4.79. The van der Waals surface area contributed by atoms with Gasteiger partial charge < -0.3 is 9.84 Å². The van der Waals surface area contributed by atoms with Gasteiger partial charge in [-0.25, -0.2) is 0 Å². The van der Waals surface area contributed by atoms with Crippen LogP contribution in [0.25, 0.3) is 0 Å². The Labute approximate surface area is 123 Å². The molecule has 114 valence electrons. The molecule has 0 bridgehead atoms. The van der Waals surface area contributed by atoms with Gasteiger partial charge in [-0.2, -0.15) is 14.0 Å². The summed E-state index contributed by atoms with van der Waals surface area (Å²) in [7, 11) is 0. The maximum Gasteiger partial charge on any atom is 0.387 e. The second-order valence-electron chi connectivity index (χ2n) is 5.77. The van der Waals surface area contributed by atoms with Gasteiger partial charge in [0.15, 0.2) is 0 Å². The number of hydrogen-bond donors (Lipinski definition) is 1. The van der Waals surface area contributed by atoms with E-state index in [9.17, 15) is 19.1 Å². The van der Waals surface area contributed by atoms with Crippen LogP contribution in [0.5, 0.6) is 5.75 Å². The maximum atomic E-state index is 12.5. The number of ether oxygens (including phenoxy) is 1. The standard InChI is InChI=1S/C16H19F2NO2/c1-11-6-8-16(10-19,9-7-11)14(20)12-4-2-3-5-13(12)21-15(17)18/h2-5,11,14-15,20H,6-9H2,1H3. The van der Waals surface area contributed by atoms with Gasteiger partial charge in [0.05, 0.1) is 11.5 Å². The molecule has 0 saturated heterocycles. The van der Waals surface area contributed by atoms with Crippen LogP contribution in [0, 0.1) is 22.7 Å². The van der Waals surface area contributed by atoms with E-state index in [-0.39, 0.29) is 11.3 Å². The highest BCUT2D eigenvalue weighted by Gasteiger charge is 2.42. The molecule has 1 saturated carbocycles. The van der Waals surface area contributed by atoms with Gasteiger partial charge in [0.2, 0.25) is 0 Å². The Hall–Kier alpha value is -1.67. The van der Waals surface area contributed by atoms with Crippen LogP contribution >= 0.6 is 0 Å². The van der Waals surface area contributed by atoms with Crippen LogP contribution < -0.4 is 4.74 Å². The van der Waals surface area contributed by atoms with E-state index in [2.05, 4.69) is 17.7 Å². The first-order chi connectivity index (χ1) is 9.98. The van der Waals surface area contributed by atoms with Crippen molar-refractivity contribution in [1.82, 2.24) is 0 Å². The fourth-order valence-corrected chi connectivity index (χ4v) is 2.93. The van der Waals surface area contributed by atoms with Gasteiger partial charge in [-0.15, -0.1) is 0 Å². The molecule has 1 unspecified atom stereocenters. The van der Waals surface area contributed by atoms with Crippen LogP contribution in [-0.4, -0.2) is 11.7 Å². The Morgan fingerprint density at radius 3 is 2.52 bits per heavy atom. The molecule has 1 fully saturated rings. The molecule has 1 aliphatic rings. The topological polar surface area (TPSA) is 53.2 Å². The largest absolute Gasteiger partial charge is 0.434 e. The molecule has 1 aromatic carbocycles. The molecule has 0 aromatic heterocycles. The number of benzene rings is 1. The van der Waals surface area contributed by atoms with E-state index in [4.69, 9.17) is 0 Å². The quantitative estimate of drug-likeness (QED) is 0.912. The van der Waals surface area contributed by atoms with Crippen LogP contribution in [-0.2, 0) is 0 Å². The number of nitrogens with zero attached hydrogens (tertiary/aromatic N) is 1. The van der Waals surface area contributed by atoms with E-state index in [1.807, 2.05) is 0 Å². The van der Waals surface area contributed by atoms with Crippen molar-refractivity contribution in [3.05, 3.63) is 29.8 Å². The molecule has 0 spiro atoms. The highest BCUT2D eigenvalue weighted by atomic mass is 19.3. The van der Waals surface area contributed by atoms with E-state index in [0.717, 1.165) is 12.8 Å². The summed E-state index contributed by atoms with van der Waals surface area (Å²) in [5, 5.41) is 20.2. The van der Waals surface area contributed by atoms with Crippen LogP contribution in [0.15, 0.2) is 24.3 Å². The third-order valence-electron chi connectivity index (χ3n) is 4.34. The predicted molar refractivity (Wildman–Crippen MR) is 73.7 cm³/mol. The van der Waals surface area contributed by atoms with Crippen molar-refractivity contribution in [1.29, 1.82) is 5.26 Å². The van der Waals surface area contributed by atoms with Crippen molar-refractivity contribution >= 4 is 0 Å². The van der Waals surface area contributed by atoms with Gasteiger partial charge in [-0.1, -0.05) is 25.1 Å². The zero-order valence-electron chi connectivity index (χ0n) is 11.9. The first-order valence-corrected chi connectivity index (χ1v) is 7.11. The number of aliphatic hydroxyl groups is 1. The SMILES string of the molecule is CC1CCC(C#N)(C(O)c2ccccc2OC(F)F)CC1. The minimum Gasteiger partial charge on any atom is -0.434 e. The molecule has 3 nitrogen and oxygen atoms in total. The molecule has 0 radical (unpaired) electrons. The number of rotatable bonds is 4. The van der Waals surface area contributed by atoms with E-state index < -0.39 is 18.1 Å². The number of alkyl halides is 2. The van der Waals surface area contributed by atoms with Crippen molar-refractivity contribution in [2.24, 2.45) is 11.3 Å². The first kappa shape index (κ1) is 15.7. The lowest BCUT2D eigenvalue weighted by Gasteiger charge is -2.37. The summed E-state index contributed by atoms with van der Waals surface area (Å²) < 4.78 is 29.4. The van der Waals surface area contributed by atoms with E-state index >= 15 is 0 Å². The minimum absolute atomic E-state index is 0.0618. The maximum absolute atomic E-state index is 12.5. The van der Waals surface area contributed by atoms with Gasteiger partial charge in [0, 0.05) is 5.56 Å². The third kappa shape index (κ3) is 3.33. The van der Waals surface area contributed by atoms with Gasteiger partial charge in [-0.3, -0.25) is 0 Å². The van der Waals surface area contributed by atoms with Gasteiger partial charge >= 0.3 is 6.61 Å². The van der Waals surface area contributed by atoms with Crippen LogP contribution in [0.3, 0.4) is 0 Å². The van der Waals surface area contributed by atoms with Crippen LogP contribution in [0.4, 0.5) is 8.78 Å². The van der Waals surface area contributed by atoms with E-state index in [1.165, 1.54) is 6.07 Å². The fourth-order valence-electron chi connectivity index (χ4n) is 2.93. The molecule has 5 heteroatoms. The second-order valence-corrected chi connectivity index (χ2v) is 5.77. The van der Waals surface area contributed by atoms with Crippen molar-refractivity contribution in [2.45, 2.75) is 45.3 Å². The molecule has 0 aliphatic heterocycles. The number of halogens is 2. The molecular weight excluding hydrogens is 276 g/mol. The molecule has 2 rings (SSSR count). The fraction of sp³-hybridized carbons (Fsp3) is 0.562. The number of para-hydroxylation sites is 1. The van der Waals surface area contributed by atoms with E-state index in [0.29, 0.717) is 18.8 Å². The number of nitriles is 1. The number of aliphatic hydroxyl groups excluding tert-OH is 1. The van der Waals surface area contributed by atoms with Crippen LogP contribution in [0.2, 0.25) is 0 Å². The predicted octanol–water partition coefficient (Wildman–Crippen LogP) is 4.04. The summed E-state index contributed by atoms with van der Waals surface area (Å²) in [5.41, 5.74) is -0.664. The van der Waals surface area contributed by atoms with Gasteiger partial charge in [0.1, 0.15) is 11.9 Å². The molecular formula is C16H19F2NO2. The zero-order valence-corrected chi connectivity index (χ0v) is 11.9. The molecule has 1 aliphatic carbocycles. The Balaban J connectivity index is 2.30. The summed E-state index contributed by atoms with van der Waals surface area (Å²) >= 11 is 0. The highest BCUT2D eigenvalue weighted by Crippen LogP contribution is 2.48.